The Kier molecular flexibility index (Phi) is 4.59. The van der Waals surface area contributed by atoms with Crippen molar-refractivity contribution in [2.45, 2.75) is 37.6 Å². The van der Waals surface area contributed by atoms with Gasteiger partial charge in [0.1, 0.15) is 17.3 Å². The van der Waals surface area contributed by atoms with Gasteiger partial charge in [-0.3, -0.25) is 4.57 Å². The van der Waals surface area contributed by atoms with Gasteiger partial charge in [0.15, 0.2) is 6.73 Å². The molecule has 6 heteroatoms. The standard InChI is InChI=1S/C28H27N3O3/c1-27(32)15-28(29,16-27)20-10-8-18(9-11-20)24-25(19-6-4-3-5-7-19)31-17-34-23-14-21(33-2)12-13-22(23)26(31)30-24/h3-14,32H,15-17,29H2,1-2H3/t27-,28+. The van der Waals surface area contributed by atoms with E-state index in [9.17, 15) is 5.11 Å². The summed E-state index contributed by atoms with van der Waals surface area (Å²) in [5.74, 6) is 2.39. The minimum absolute atomic E-state index is 0.367. The van der Waals surface area contributed by atoms with Crippen LogP contribution in [-0.2, 0) is 12.3 Å². The van der Waals surface area contributed by atoms with Crippen LogP contribution in [0.5, 0.6) is 11.5 Å². The van der Waals surface area contributed by atoms with Crippen LogP contribution in [0.4, 0.5) is 0 Å². The molecule has 1 aliphatic heterocycles. The third-order valence-electron chi connectivity index (χ3n) is 6.92. The molecule has 0 amide bonds. The first-order valence-corrected chi connectivity index (χ1v) is 11.5. The minimum Gasteiger partial charge on any atom is -0.497 e. The van der Waals surface area contributed by atoms with Gasteiger partial charge in [-0.1, -0.05) is 54.6 Å². The molecule has 1 aliphatic carbocycles. The fourth-order valence-electron chi connectivity index (χ4n) is 5.41. The Morgan fingerprint density at radius 1 is 1.00 bits per heavy atom. The molecular formula is C28H27N3O3. The van der Waals surface area contributed by atoms with Crippen molar-refractivity contribution in [3.05, 3.63) is 78.4 Å². The summed E-state index contributed by atoms with van der Waals surface area (Å²) in [6.07, 6.45) is 1.12. The van der Waals surface area contributed by atoms with Crippen molar-refractivity contribution >= 4 is 0 Å². The minimum atomic E-state index is -0.688. The zero-order chi connectivity index (χ0) is 23.5. The normalized spacial score (nSPS) is 22.8. The van der Waals surface area contributed by atoms with Gasteiger partial charge in [-0.25, -0.2) is 4.98 Å². The van der Waals surface area contributed by atoms with Crippen LogP contribution in [0.3, 0.4) is 0 Å². The monoisotopic (exact) mass is 453 g/mol. The third kappa shape index (κ3) is 3.30. The van der Waals surface area contributed by atoms with Crippen molar-refractivity contribution in [3.8, 4) is 45.4 Å². The molecule has 1 aromatic heterocycles. The van der Waals surface area contributed by atoms with E-state index >= 15 is 0 Å². The molecule has 172 valence electrons. The van der Waals surface area contributed by atoms with E-state index in [4.69, 9.17) is 20.2 Å². The Morgan fingerprint density at radius 3 is 2.41 bits per heavy atom. The van der Waals surface area contributed by atoms with Gasteiger partial charge >= 0.3 is 0 Å². The molecule has 2 aliphatic rings. The van der Waals surface area contributed by atoms with Crippen molar-refractivity contribution in [2.75, 3.05) is 7.11 Å². The van der Waals surface area contributed by atoms with E-state index < -0.39 is 11.1 Å². The maximum atomic E-state index is 10.2. The van der Waals surface area contributed by atoms with Crippen LogP contribution in [0.25, 0.3) is 33.9 Å². The molecule has 1 saturated carbocycles. The molecule has 0 bridgehead atoms. The second kappa shape index (κ2) is 7.45. The zero-order valence-corrected chi connectivity index (χ0v) is 19.3. The van der Waals surface area contributed by atoms with E-state index in [1.807, 2.05) is 43.3 Å². The number of aromatic nitrogens is 2. The number of nitrogens with zero attached hydrogens (tertiary/aromatic N) is 2. The van der Waals surface area contributed by atoms with Crippen LogP contribution >= 0.6 is 0 Å². The average Bonchev–Trinajstić information content (AvgIpc) is 3.23. The van der Waals surface area contributed by atoms with Gasteiger partial charge in [0.2, 0.25) is 0 Å². The fraction of sp³-hybridized carbons (Fsp3) is 0.250. The van der Waals surface area contributed by atoms with Gasteiger partial charge in [-0.05, 0) is 37.5 Å². The molecular weight excluding hydrogens is 426 g/mol. The summed E-state index contributed by atoms with van der Waals surface area (Å²) in [6.45, 7) is 2.20. The fourth-order valence-corrected chi connectivity index (χ4v) is 5.41. The number of hydrogen-bond acceptors (Lipinski definition) is 5. The van der Waals surface area contributed by atoms with Crippen LogP contribution in [0.15, 0.2) is 72.8 Å². The van der Waals surface area contributed by atoms with E-state index in [1.54, 1.807) is 7.11 Å². The maximum Gasteiger partial charge on any atom is 0.167 e. The molecule has 6 nitrogen and oxygen atoms in total. The van der Waals surface area contributed by atoms with Gasteiger partial charge in [0, 0.05) is 22.7 Å². The molecule has 1 fully saturated rings. The second-order valence-electron chi connectivity index (χ2n) is 9.65. The molecule has 3 aromatic carbocycles. The van der Waals surface area contributed by atoms with Crippen LogP contribution in [0, 0.1) is 0 Å². The van der Waals surface area contributed by atoms with Gasteiger partial charge in [0.05, 0.1) is 29.7 Å². The Hall–Kier alpha value is -3.61. The topological polar surface area (TPSA) is 82.5 Å². The summed E-state index contributed by atoms with van der Waals surface area (Å²) in [5, 5.41) is 10.2. The second-order valence-corrected chi connectivity index (χ2v) is 9.65. The number of hydrogen-bond donors (Lipinski definition) is 2. The number of rotatable bonds is 4. The Morgan fingerprint density at radius 2 is 1.74 bits per heavy atom. The lowest BCUT2D eigenvalue weighted by atomic mass is 9.63. The van der Waals surface area contributed by atoms with Crippen molar-refractivity contribution < 1.29 is 14.6 Å². The molecule has 3 N–H and O–H groups in total. The van der Waals surface area contributed by atoms with Crippen LogP contribution < -0.4 is 15.2 Å². The van der Waals surface area contributed by atoms with Crippen LogP contribution in [0.2, 0.25) is 0 Å². The van der Waals surface area contributed by atoms with Crippen LogP contribution in [-0.4, -0.2) is 27.4 Å². The molecule has 6 rings (SSSR count). The highest BCUT2D eigenvalue weighted by Gasteiger charge is 2.49. The summed E-state index contributed by atoms with van der Waals surface area (Å²) in [6, 6.07) is 24.4. The van der Waals surface area contributed by atoms with Crippen molar-refractivity contribution in [1.82, 2.24) is 9.55 Å². The van der Waals surface area contributed by atoms with Gasteiger partial charge in [0.25, 0.3) is 0 Å². The molecule has 0 radical (unpaired) electrons. The number of aliphatic hydroxyl groups is 1. The summed E-state index contributed by atoms with van der Waals surface area (Å²) in [7, 11) is 1.65. The van der Waals surface area contributed by atoms with Crippen molar-refractivity contribution in [1.29, 1.82) is 0 Å². The number of methoxy groups -OCH3 is 1. The molecule has 2 heterocycles. The molecule has 0 unspecified atom stereocenters. The predicted molar refractivity (Wildman–Crippen MR) is 131 cm³/mol. The average molecular weight is 454 g/mol. The van der Waals surface area contributed by atoms with Crippen LogP contribution in [0.1, 0.15) is 25.3 Å². The SMILES string of the molecule is COc1ccc2c(c1)OCn1c-2nc(-c2ccc([C@]3(N)C[C@@](C)(O)C3)cc2)c1-c1ccccc1. The highest BCUT2D eigenvalue weighted by molar-refractivity contribution is 5.83. The van der Waals surface area contributed by atoms with Crippen molar-refractivity contribution in [2.24, 2.45) is 5.73 Å². The van der Waals surface area contributed by atoms with Gasteiger partial charge < -0.3 is 20.3 Å². The first kappa shape index (κ1) is 21.0. The number of benzene rings is 3. The number of fused-ring (bicyclic) bond motifs is 3. The molecule has 0 spiro atoms. The number of nitrogens with two attached hydrogens (primary N) is 1. The largest absolute Gasteiger partial charge is 0.497 e. The third-order valence-corrected chi connectivity index (χ3v) is 6.92. The number of ether oxygens (including phenoxy) is 2. The van der Waals surface area contributed by atoms with E-state index in [0.29, 0.717) is 19.6 Å². The first-order valence-electron chi connectivity index (χ1n) is 11.5. The Labute approximate surface area is 198 Å². The highest BCUT2D eigenvalue weighted by atomic mass is 16.5. The summed E-state index contributed by atoms with van der Waals surface area (Å²) < 4.78 is 13.6. The number of imidazole rings is 1. The van der Waals surface area contributed by atoms with E-state index in [2.05, 4.69) is 41.0 Å². The predicted octanol–water partition coefficient (Wildman–Crippen LogP) is 4.94. The van der Waals surface area contributed by atoms with Gasteiger partial charge in [-0.15, -0.1) is 0 Å². The molecule has 0 saturated heterocycles. The maximum absolute atomic E-state index is 10.2. The molecule has 0 atom stereocenters. The molecule has 4 aromatic rings. The van der Waals surface area contributed by atoms with Crippen molar-refractivity contribution in [3.63, 3.8) is 0 Å². The Bertz CT molecular complexity index is 1370. The lowest BCUT2D eigenvalue weighted by Crippen LogP contribution is -2.58. The highest BCUT2D eigenvalue weighted by Crippen LogP contribution is 2.47. The zero-order valence-electron chi connectivity index (χ0n) is 19.3. The summed E-state index contributed by atoms with van der Waals surface area (Å²) >= 11 is 0. The first-order chi connectivity index (χ1) is 16.4. The summed E-state index contributed by atoms with van der Waals surface area (Å²) in [4.78, 5) is 5.11. The smallest absolute Gasteiger partial charge is 0.167 e. The van der Waals surface area contributed by atoms with E-state index in [1.165, 1.54) is 0 Å². The van der Waals surface area contributed by atoms with E-state index in [-0.39, 0.29) is 0 Å². The lowest BCUT2D eigenvalue weighted by molar-refractivity contribution is -0.0738. The lowest BCUT2D eigenvalue weighted by Gasteiger charge is -2.49. The Balaban J connectivity index is 1.47. The van der Waals surface area contributed by atoms with Gasteiger partial charge in [-0.2, -0.15) is 0 Å². The molecule has 34 heavy (non-hydrogen) atoms. The summed E-state index contributed by atoms with van der Waals surface area (Å²) in [5.41, 5.74) is 11.4. The van der Waals surface area contributed by atoms with E-state index in [0.717, 1.165) is 51.0 Å². The quantitative estimate of drug-likeness (QED) is 0.457.